The minimum Gasteiger partial charge on any atom is -0.391 e. The number of likely N-dealkylation sites (tertiary alicyclic amines) is 2. The van der Waals surface area contributed by atoms with Gasteiger partial charge in [0.25, 0.3) is 0 Å². The first-order valence-corrected chi connectivity index (χ1v) is 9.88. The van der Waals surface area contributed by atoms with Crippen LogP contribution in [0.5, 0.6) is 0 Å². The van der Waals surface area contributed by atoms with Gasteiger partial charge in [-0.1, -0.05) is 0 Å². The average molecular weight is 413 g/mol. The second kappa shape index (κ2) is 9.51. The Hall–Kier alpha value is -2.24. The molecule has 7 N–H and O–H groups in total. The van der Waals surface area contributed by atoms with E-state index < -0.39 is 54.1 Å². The molecule has 2 heterocycles. The molecule has 4 amide bonds. The highest BCUT2D eigenvalue weighted by Gasteiger charge is 2.43. The van der Waals surface area contributed by atoms with Crippen LogP contribution in [0.15, 0.2) is 0 Å². The van der Waals surface area contributed by atoms with E-state index in [4.69, 9.17) is 11.5 Å². The zero-order chi connectivity index (χ0) is 21.9. The maximum atomic E-state index is 13.1. The molecule has 29 heavy (non-hydrogen) atoms. The van der Waals surface area contributed by atoms with Crippen LogP contribution in [0.25, 0.3) is 0 Å². The molecule has 0 aromatic carbocycles. The molecule has 2 aliphatic rings. The zero-order valence-electron chi connectivity index (χ0n) is 16.8. The molecule has 11 nitrogen and oxygen atoms in total. The van der Waals surface area contributed by atoms with Gasteiger partial charge in [0.1, 0.15) is 24.2 Å². The number of hydrogen-bond acceptors (Lipinski definition) is 7. The van der Waals surface area contributed by atoms with Crippen molar-refractivity contribution in [1.82, 2.24) is 15.1 Å². The Balaban J connectivity index is 2.11. The van der Waals surface area contributed by atoms with E-state index in [9.17, 15) is 29.4 Å². The van der Waals surface area contributed by atoms with Gasteiger partial charge in [0.05, 0.1) is 12.2 Å². The van der Waals surface area contributed by atoms with E-state index in [-0.39, 0.29) is 5.91 Å². The lowest BCUT2D eigenvalue weighted by atomic mass is 10.1. The Bertz CT molecular complexity index is 655. The van der Waals surface area contributed by atoms with Crippen LogP contribution < -0.4 is 16.8 Å². The lowest BCUT2D eigenvalue weighted by Crippen LogP contribution is -2.58. The van der Waals surface area contributed by atoms with Gasteiger partial charge >= 0.3 is 0 Å². The van der Waals surface area contributed by atoms with Gasteiger partial charge in [-0.3, -0.25) is 19.2 Å². The van der Waals surface area contributed by atoms with Gasteiger partial charge in [0.2, 0.25) is 23.6 Å². The highest BCUT2D eigenvalue weighted by molar-refractivity contribution is 5.95. The Labute approximate surface area is 169 Å². The highest BCUT2D eigenvalue weighted by atomic mass is 16.3. The number of rotatable bonds is 7. The molecular formula is C18H31N5O6. The third-order valence-corrected chi connectivity index (χ3v) is 5.55. The second-order valence-corrected chi connectivity index (χ2v) is 7.77. The Kier molecular flexibility index (Phi) is 7.55. The topological polar surface area (TPSA) is 179 Å². The summed E-state index contributed by atoms with van der Waals surface area (Å²) in [6.45, 7) is 3.44. The summed E-state index contributed by atoms with van der Waals surface area (Å²) in [6, 6.07) is -3.94. The van der Waals surface area contributed by atoms with Crippen LogP contribution in [0.2, 0.25) is 0 Å². The van der Waals surface area contributed by atoms with E-state index in [1.165, 1.54) is 23.6 Å². The third kappa shape index (κ3) is 5.03. The smallest absolute Gasteiger partial charge is 0.246 e. The van der Waals surface area contributed by atoms with Gasteiger partial charge in [0.15, 0.2) is 0 Å². The number of hydrogen-bond donors (Lipinski definition) is 5. The SMILES string of the molecule is C[C@@H](O)C(N)C(=O)N1CCCC1C(=O)N1CCCC1C(=O)N[C@H](C(N)=O)[C@@H](C)O. The van der Waals surface area contributed by atoms with Crippen molar-refractivity contribution in [1.29, 1.82) is 0 Å². The van der Waals surface area contributed by atoms with Crippen LogP contribution in [-0.2, 0) is 19.2 Å². The van der Waals surface area contributed by atoms with Gasteiger partial charge < -0.3 is 36.8 Å². The average Bonchev–Trinajstić information content (AvgIpc) is 3.32. The molecule has 2 fully saturated rings. The predicted molar refractivity (Wildman–Crippen MR) is 102 cm³/mol. The maximum Gasteiger partial charge on any atom is 0.246 e. The lowest BCUT2D eigenvalue weighted by molar-refractivity contribution is -0.148. The van der Waals surface area contributed by atoms with E-state index >= 15 is 0 Å². The van der Waals surface area contributed by atoms with Gasteiger partial charge in [0, 0.05) is 13.1 Å². The monoisotopic (exact) mass is 413 g/mol. The second-order valence-electron chi connectivity index (χ2n) is 7.77. The van der Waals surface area contributed by atoms with Gasteiger partial charge in [-0.15, -0.1) is 0 Å². The molecule has 0 aliphatic carbocycles. The molecule has 0 aromatic rings. The van der Waals surface area contributed by atoms with Crippen LogP contribution in [-0.4, -0.2) is 93.1 Å². The van der Waals surface area contributed by atoms with Crippen molar-refractivity contribution in [3.8, 4) is 0 Å². The molecule has 0 aromatic heterocycles. The Morgan fingerprint density at radius 1 is 0.966 bits per heavy atom. The first kappa shape index (κ1) is 23.0. The fourth-order valence-corrected chi connectivity index (χ4v) is 3.86. The van der Waals surface area contributed by atoms with Crippen molar-refractivity contribution in [3.05, 3.63) is 0 Å². The van der Waals surface area contributed by atoms with Gasteiger partial charge in [-0.25, -0.2) is 0 Å². The molecule has 0 radical (unpaired) electrons. The van der Waals surface area contributed by atoms with E-state index in [1.54, 1.807) is 0 Å². The molecule has 0 bridgehead atoms. The van der Waals surface area contributed by atoms with Gasteiger partial charge in [-0.05, 0) is 39.5 Å². The van der Waals surface area contributed by atoms with E-state index in [2.05, 4.69) is 5.32 Å². The van der Waals surface area contributed by atoms with Crippen molar-refractivity contribution in [2.75, 3.05) is 13.1 Å². The van der Waals surface area contributed by atoms with Crippen molar-refractivity contribution in [3.63, 3.8) is 0 Å². The number of nitrogens with zero attached hydrogens (tertiary/aromatic N) is 2. The van der Waals surface area contributed by atoms with E-state index in [0.29, 0.717) is 38.8 Å². The first-order chi connectivity index (χ1) is 13.6. The molecule has 0 spiro atoms. The highest BCUT2D eigenvalue weighted by Crippen LogP contribution is 2.25. The van der Waals surface area contributed by atoms with E-state index in [1.807, 2.05) is 0 Å². The molecular weight excluding hydrogens is 382 g/mol. The molecule has 6 atom stereocenters. The minimum absolute atomic E-state index is 0.341. The number of nitrogens with two attached hydrogens (primary N) is 2. The van der Waals surface area contributed by atoms with Crippen molar-refractivity contribution in [2.45, 2.75) is 75.9 Å². The number of aliphatic hydroxyl groups excluding tert-OH is 2. The third-order valence-electron chi connectivity index (χ3n) is 5.55. The van der Waals surface area contributed by atoms with Crippen LogP contribution in [0, 0.1) is 0 Å². The van der Waals surface area contributed by atoms with Crippen LogP contribution >= 0.6 is 0 Å². The molecule has 2 aliphatic heterocycles. The summed E-state index contributed by atoms with van der Waals surface area (Å²) in [5, 5.41) is 21.6. The predicted octanol–water partition coefficient (Wildman–Crippen LogP) is -2.97. The minimum atomic E-state index is -1.26. The molecule has 0 saturated carbocycles. The molecule has 3 unspecified atom stereocenters. The number of primary amides is 1. The van der Waals surface area contributed by atoms with Gasteiger partial charge in [-0.2, -0.15) is 0 Å². The Morgan fingerprint density at radius 3 is 2.03 bits per heavy atom. The summed E-state index contributed by atoms with van der Waals surface area (Å²) in [5.74, 6) is -2.31. The summed E-state index contributed by atoms with van der Waals surface area (Å²) < 4.78 is 0. The normalized spacial score (nSPS) is 26.0. The number of nitrogens with one attached hydrogen (secondary N) is 1. The van der Waals surface area contributed by atoms with Crippen molar-refractivity contribution >= 4 is 23.6 Å². The number of aliphatic hydroxyl groups is 2. The van der Waals surface area contributed by atoms with Crippen molar-refractivity contribution < 1.29 is 29.4 Å². The number of carbonyl (C=O) groups is 4. The molecule has 11 heteroatoms. The Morgan fingerprint density at radius 2 is 1.52 bits per heavy atom. The standard InChI is InChI=1S/C18H31N5O6/c1-9(24)13(19)18(29)23-8-4-6-12(23)17(28)22-7-3-5-11(22)16(27)21-14(10(2)25)15(20)26/h9-14,24-25H,3-8,19H2,1-2H3,(H2,20,26)(H,21,27)/t9-,10-,11?,12?,13?,14+/m1/s1. The molecule has 2 saturated heterocycles. The molecule has 164 valence electrons. The van der Waals surface area contributed by atoms with Crippen LogP contribution in [0.3, 0.4) is 0 Å². The summed E-state index contributed by atoms with van der Waals surface area (Å²) in [5.41, 5.74) is 11.0. The maximum absolute atomic E-state index is 13.1. The van der Waals surface area contributed by atoms with E-state index in [0.717, 1.165) is 0 Å². The number of amides is 4. The fourth-order valence-electron chi connectivity index (χ4n) is 3.86. The fraction of sp³-hybridized carbons (Fsp3) is 0.778. The largest absolute Gasteiger partial charge is 0.391 e. The quantitative estimate of drug-likeness (QED) is 0.295. The number of carbonyl (C=O) groups excluding carboxylic acids is 4. The first-order valence-electron chi connectivity index (χ1n) is 9.88. The summed E-state index contributed by atoms with van der Waals surface area (Å²) >= 11 is 0. The van der Waals surface area contributed by atoms with Crippen molar-refractivity contribution in [2.24, 2.45) is 11.5 Å². The lowest BCUT2D eigenvalue weighted by Gasteiger charge is -2.33. The summed E-state index contributed by atoms with van der Waals surface area (Å²) in [7, 11) is 0. The summed E-state index contributed by atoms with van der Waals surface area (Å²) in [4.78, 5) is 52.5. The summed E-state index contributed by atoms with van der Waals surface area (Å²) in [6.07, 6.45) is -0.170. The molecule has 2 rings (SSSR count). The zero-order valence-corrected chi connectivity index (χ0v) is 16.8. The van der Waals surface area contributed by atoms with Crippen LogP contribution in [0.1, 0.15) is 39.5 Å². The van der Waals surface area contributed by atoms with Crippen LogP contribution in [0.4, 0.5) is 0 Å².